The highest BCUT2D eigenvalue weighted by molar-refractivity contribution is 9.10. The lowest BCUT2D eigenvalue weighted by Crippen LogP contribution is -2.36. The van der Waals surface area contributed by atoms with Gasteiger partial charge in [-0.1, -0.05) is 27.5 Å². The van der Waals surface area contributed by atoms with Crippen LogP contribution >= 0.6 is 55.2 Å². The fourth-order valence-corrected chi connectivity index (χ4v) is 4.23. The van der Waals surface area contributed by atoms with Gasteiger partial charge in [0.15, 0.2) is 11.5 Å². The summed E-state index contributed by atoms with van der Waals surface area (Å²) in [6, 6.07) is 7.80. The number of phenolic OH excluding ortho intramolecular Hbond substituents is 1. The molecule has 0 radical (unpaired) electrons. The minimum Gasteiger partial charge on any atom is -0.504 e. The van der Waals surface area contributed by atoms with Crippen molar-refractivity contribution >= 4 is 84.0 Å². The minimum atomic E-state index is -0.590. The Hall–Kier alpha value is -2.01. The van der Waals surface area contributed by atoms with Gasteiger partial charge in [-0.15, -0.1) is 0 Å². The van der Waals surface area contributed by atoms with Crippen molar-refractivity contribution in [1.29, 1.82) is 0 Å². The summed E-state index contributed by atoms with van der Waals surface area (Å²) in [7, 11) is 1.40. The largest absolute Gasteiger partial charge is 0.504 e. The molecule has 0 aromatic heterocycles. The normalized spacial score (nSPS) is 15.1. The number of imide groups is 1. The number of ether oxygens (including phenoxy) is 1. The van der Waals surface area contributed by atoms with Crippen LogP contribution in [0.25, 0.3) is 6.08 Å². The summed E-state index contributed by atoms with van der Waals surface area (Å²) in [5, 5.41) is 12.3. The van der Waals surface area contributed by atoms with Gasteiger partial charge in [-0.3, -0.25) is 19.3 Å². The van der Waals surface area contributed by atoms with Gasteiger partial charge in [-0.05, 0) is 69.7 Å². The maximum absolute atomic E-state index is 12.7. The van der Waals surface area contributed by atoms with Crippen molar-refractivity contribution in [2.45, 2.75) is 0 Å². The summed E-state index contributed by atoms with van der Waals surface area (Å²) < 4.78 is 6.25. The van der Waals surface area contributed by atoms with Crippen LogP contribution in [-0.4, -0.2) is 40.7 Å². The molecule has 1 fully saturated rings. The predicted molar refractivity (Wildman–Crippen MR) is 123 cm³/mol. The number of carbonyl (C=O) groups is 3. The highest BCUT2D eigenvalue weighted by atomic mass is 79.9. The number of carbonyl (C=O) groups excluding carboxylic acids is 3. The minimum absolute atomic E-state index is 0.0701. The maximum atomic E-state index is 12.7. The molecule has 0 unspecified atom stereocenters. The lowest BCUT2D eigenvalue weighted by Gasteiger charge is -2.13. The second-order valence-electron chi connectivity index (χ2n) is 5.99. The molecule has 1 aliphatic heterocycles. The van der Waals surface area contributed by atoms with Gasteiger partial charge in [0.25, 0.3) is 11.1 Å². The molecule has 3 amide bonds. The number of benzene rings is 2. The fourth-order valence-electron chi connectivity index (χ4n) is 2.53. The molecule has 0 aliphatic carbocycles. The summed E-state index contributed by atoms with van der Waals surface area (Å²) in [4.78, 5) is 38.2. The van der Waals surface area contributed by atoms with Gasteiger partial charge in [0.1, 0.15) is 6.54 Å². The number of hydrogen-bond donors (Lipinski definition) is 2. The number of amides is 3. The van der Waals surface area contributed by atoms with Gasteiger partial charge in [0.2, 0.25) is 5.91 Å². The number of rotatable bonds is 5. The number of phenols is 1. The van der Waals surface area contributed by atoms with E-state index in [4.69, 9.17) is 16.3 Å². The van der Waals surface area contributed by atoms with E-state index < -0.39 is 23.6 Å². The number of hydrogen-bond acceptors (Lipinski definition) is 6. The van der Waals surface area contributed by atoms with E-state index in [0.717, 1.165) is 16.7 Å². The first kappa shape index (κ1) is 22.7. The molecule has 11 heteroatoms. The molecule has 2 aromatic rings. The topological polar surface area (TPSA) is 95.9 Å². The molecule has 2 N–H and O–H groups in total. The van der Waals surface area contributed by atoms with Crippen LogP contribution in [0, 0.1) is 0 Å². The van der Waals surface area contributed by atoms with Crippen LogP contribution in [0.15, 0.2) is 44.2 Å². The molecule has 1 aliphatic rings. The number of nitrogens with one attached hydrogen (secondary N) is 1. The third kappa shape index (κ3) is 5.00. The average Bonchev–Trinajstić information content (AvgIpc) is 2.94. The molecule has 2 aromatic carbocycles. The first-order valence-corrected chi connectivity index (χ1v) is 11.0. The summed E-state index contributed by atoms with van der Waals surface area (Å²) >= 11 is 13.3. The number of aromatic hydroxyl groups is 1. The number of halogens is 3. The van der Waals surface area contributed by atoms with Crippen LogP contribution in [0.5, 0.6) is 11.5 Å². The lowest BCUT2D eigenvalue weighted by molar-refractivity contribution is -0.127. The first-order valence-electron chi connectivity index (χ1n) is 8.26. The van der Waals surface area contributed by atoms with Gasteiger partial charge in [0, 0.05) is 14.6 Å². The van der Waals surface area contributed by atoms with Crippen molar-refractivity contribution in [3.63, 3.8) is 0 Å². The highest BCUT2D eigenvalue weighted by Gasteiger charge is 2.36. The molecule has 0 bridgehead atoms. The van der Waals surface area contributed by atoms with Crippen LogP contribution < -0.4 is 10.1 Å². The van der Waals surface area contributed by atoms with Crippen molar-refractivity contribution < 1.29 is 24.2 Å². The summed E-state index contributed by atoms with van der Waals surface area (Å²) in [5.74, 6) is -0.979. The molecule has 0 atom stereocenters. The van der Waals surface area contributed by atoms with E-state index in [-0.39, 0.29) is 16.4 Å². The zero-order valence-corrected chi connectivity index (χ0v) is 20.0. The van der Waals surface area contributed by atoms with Crippen LogP contribution in [0.4, 0.5) is 10.5 Å². The molecule has 30 heavy (non-hydrogen) atoms. The van der Waals surface area contributed by atoms with E-state index in [1.54, 1.807) is 18.2 Å². The van der Waals surface area contributed by atoms with Crippen LogP contribution in [0.2, 0.25) is 5.02 Å². The van der Waals surface area contributed by atoms with E-state index in [1.165, 1.54) is 25.3 Å². The third-order valence-corrected chi connectivity index (χ3v) is 6.79. The summed E-state index contributed by atoms with van der Waals surface area (Å²) in [6.45, 7) is -0.435. The van der Waals surface area contributed by atoms with Gasteiger partial charge >= 0.3 is 0 Å². The third-order valence-electron chi connectivity index (χ3n) is 3.96. The predicted octanol–water partition coefficient (Wildman–Crippen LogP) is 5.25. The molecule has 1 heterocycles. The summed E-state index contributed by atoms with van der Waals surface area (Å²) in [5.41, 5.74) is 0.972. The standard InChI is InChI=1S/C19H13Br2ClN2O5S/c1-29-15-4-9(12(21)7-14(15)25)5-16-18(27)24(19(28)30-16)8-17(26)23-10-2-3-11(20)13(22)6-10/h2-7,25H,8H2,1H3,(H,23,26)/b16-5-. The Balaban J connectivity index is 1.75. The maximum Gasteiger partial charge on any atom is 0.294 e. The quantitative estimate of drug-likeness (QED) is 0.472. The Morgan fingerprint density at radius 2 is 2.00 bits per heavy atom. The van der Waals surface area contributed by atoms with E-state index in [0.29, 0.717) is 25.2 Å². The van der Waals surface area contributed by atoms with E-state index >= 15 is 0 Å². The first-order chi connectivity index (χ1) is 14.2. The zero-order chi connectivity index (χ0) is 22.0. The molecule has 1 saturated heterocycles. The monoisotopic (exact) mass is 574 g/mol. The van der Waals surface area contributed by atoms with Crippen molar-refractivity contribution in [2.75, 3.05) is 19.0 Å². The number of methoxy groups -OCH3 is 1. The smallest absolute Gasteiger partial charge is 0.294 e. The van der Waals surface area contributed by atoms with E-state index in [2.05, 4.69) is 37.2 Å². The van der Waals surface area contributed by atoms with Crippen molar-refractivity contribution in [2.24, 2.45) is 0 Å². The number of thioether (sulfide) groups is 1. The van der Waals surface area contributed by atoms with Crippen molar-refractivity contribution in [3.05, 3.63) is 54.8 Å². The van der Waals surface area contributed by atoms with Gasteiger partial charge in [-0.25, -0.2) is 0 Å². The summed E-state index contributed by atoms with van der Waals surface area (Å²) in [6.07, 6.45) is 1.49. The SMILES string of the molecule is COc1cc(/C=C2\SC(=O)N(CC(=O)Nc3ccc(Br)c(Cl)c3)C2=O)c(Br)cc1O. The van der Waals surface area contributed by atoms with Crippen molar-refractivity contribution in [1.82, 2.24) is 4.90 Å². The van der Waals surface area contributed by atoms with E-state index in [9.17, 15) is 19.5 Å². The number of nitrogens with zero attached hydrogens (tertiary/aromatic N) is 1. The Bertz CT molecular complexity index is 1090. The molecule has 3 rings (SSSR count). The Kier molecular flexibility index (Phi) is 7.12. The molecule has 0 spiro atoms. The molecular weight excluding hydrogens is 564 g/mol. The Morgan fingerprint density at radius 1 is 1.27 bits per heavy atom. The zero-order valence-electron chi connectivity index (χ0n) is 15.2. The molecular formula is C19H13Br2ClN2O5S. The molecule has 156 valence electrons. The average molecular weight is 577 g/mol. The van der Waals surface area contributed by atoms with Crippen LogP contribution in [0.1, 0.15) is 5.56 Å². The highest BCUT2D eigenvalue weighted by Crippen LogP contribution is 2.37. The second-order valence-corrected chi connectivity index (χ2v) is 9.10. The Labute approximate surface area is 197 Å². The van der Waals surface area contributed by atoms with Gasteiger partial charge in [-0.2, -0.15) is 0 Å². The molecule has 7 nitrogen and oxygen atoms in total. The van der Waals surface area contributed by atoms with Crippen LogP contribution in [-0.2, 0) is 9.59 Å². The molecule has 0 saturated carbocycles. The Morgan fingerprint density at radius 3 is 2.67 bits per heavy atom. The van der Waals surface area contributed by atoms with Crippen LogP contribution in [0.3, 0.4) is 0 Å². The number of anilines is 1. The van der Waals surface area contributed by atoms with Gasteiger partial charge in [0.05, 0.1) is 17.0 Å². The van der Waals surface area contributed by atoms with E-state index in [1.807, 2.05) is 0 Å². The lowest BCUT2D eigenvalue weighted by atomic mass is 10.2. The fraction of sp³-hybridized carbons (Fsp3) is 0.105. The second kappa shape index (κ2) is 9.42. The van der Waals surface area contributed by atoms with Crippen molar-refractivity contribution in [3.8, 4) is 11.5 Å². The van der Waals surface area contributed by atoms with Gasteiger partial charge < -0.3 is 15.2 Å².